The molecular weight excluding hydrogens is 266 g/mol. The molecule has 0 aromatic heterocycles. The molecule has 0 spiro atoms. The van der Waals surface area contributed by atoms with E-state index in [4.69, 9.17) is 20.9 Å². The van der Waals surface area contributed by atoms with E-state index in [2.05, 4.69) is 5.32 Å². The molecule has 0 aliphatic rings. The average Bonchev–Trinajstić information content (AvgIpc) is 2.48. The first-order valence-corrected chi connectivity index (χ1v) is 6.79. The van der Waals surface area contributed by atoms with Gasteiger partial charge in [-0.3, -0.25) is 0 Å². The Labute approximate surface area is 124 Å². The van der Waals surface area contributed by atoms with Crippen molar-refractivity contribution in [1.82, 2.24) is 0 Å². The van der Waals surface area contributed by atoms with Crippen LogP contribution in [0.2, 0.25) is 0 Å². The van der Waals surface area contributed by atoms with Gasteiger partial charge in [-0.05, 0) is 29.8 Å². The van der Waals surface area contributed by atoms with E-state index < -0.39 is 0 Å². The molecule has 21 heavy (non-hydrogen) atoms. The topological polar surface area (TPSA) is 82.5 Å². The minimum Gasteiger partial charge on any atom is -0.489 e. The molecule has 0 saturated heterocycles. The van der Waals surface area contributed by atoms with Crippen LogP contribution in [0.5, 0.6) is 5.75 Å². The summed E-state index contributed by atoms with van der Waals surface area (Å²) in [6.07, 6.45) is 0. The normalized spacial score (nSPS) is 10.3. The lowest BCUT2D eigenvalue weighted by molar-refractivity contribution is 0.146. The number of nitrogens with two attached hydrogens (primary N) is 2. The molecule has 0 radical (unpaired) electrons. The van der Waals surface area contributed by atoms with E-state index in [0.29, 0.717) is 25.4 Å². The molecule has 112 valence electrons. The molecule has 0 aliphatic heterocycles. The second-order valence-corrected chi connectivity index (χ2v) is 4.65. The molecule has 2 rings (SSSR count). The van der Waals surface area contributed by atoms with Crippen molar-refractivity contribution in [2.45, 2.75) is 6.54 Å². The standard InChI is InChI=1S/C16H21N3O2/c1-20-8-9-21-16-7-6-13(17)10-15(16)19-11-12-4-2-3-5-14(12)18/h2-7,10,19H,8-9,11,17-18H2,1H3. The number of methoxy groups -OCH3 is 1. The summed E-state index contributed by atoms with van der Waals surface area (Å²) < 4.78 is 10.7. The Morgan fingerprint density at radius 1 is 1.05 bits per heavy atom. The maximum atomic E-state index is 5.94. The van der Waals surface area contributed by atoms with Gasteiger partial charge in [0.25, 0.3) is 0 Å². The number of anilines is 3. The largest absolute Gasteiger partial charge is 0.489 e. The summed E-state index contributed by atoms with van der Waals surface area (Å²) in [6.45, 7) is 1.63. The van der Waals surface area contributed by atoms with Crippen LogP contribution in [0.3, 0.4) is 0 Å². The molecule has 0 saturated carbocycles. The first kappa shape index (κ1) is 15.0. The third-order valence-electron chi connectivity index (χ3n) is 3.07. The molecule has 5 N–H and O–H groups in total. The fraction of sp³-hybridized carbons (Fsp3) is 0.250. The van der Waals surface area contributed by atoms with Crippen LogP contribution < -0.4 is 21.5 Å². The minimum atomic E-state index is 0.489. The van der Waals surface area contributed by atoms with E-state index in [0.717, 1.165) is 22.7 Å². The second-order valence-electron chi connectivity index (χ2n) is 4.65. The van der Waals surface area contributed by atoms with Gasteiger partial charge < -0.3 is 26.3 Å². The summed E-state index contributed by atoms with van der Waals surface area (Å²) in [7, 11) is 1.64. The van der Waals surface area contributed by atoms with Crippen LogP contribution in [0, 0.1) is 0 Å². The second kappa shape index (κ2) is 7.40. The Morgan fingerprint density at radius 3 is 2.62 bits per heavy atom. The molecule has 5 nitrogen and oxygen atoms in total. The Hall–Kier alpha value is -2.40. The van der Waals surface area contributed by atoms with Crippen molar-refractivity contribution in [1.29, 1.82) is 0 Å². The quantitative estimate of drug-likeness (QED) is 0.538. The summed E-state index contributed by atoms with van der Waals surface area (Å²) in [5, 5.41) is 3.31. The van der Waals surface area contributed by atoms with Crippen molar-refractivity contribution in [3.63, 3.8) is 0 Å². The lowest BCUT2D eigenvalue weighted by atomic mass is 10.1. The average molecular weight is 287 g/mol. The van der Waals surface area contributed by atoms with Gasteiger partial charge in [-0.2, -0.15) is 0 Å². The van der Waals surface area contributed by atoms with Gasteiger partial charge in [0.1, 0.15) is 12.4 Å². The van der Waals surface area contributed by atoms with Gasteiger partial charge in [0.2, 0.25) is 0 Å². The maximum absolute atomic E-state index is 5.94. The summed E-state index contributed by atoms with van der Waals surface area (Å²) in [4.78, 5) is 0. The molecule has 0 amide bonds. The third-order valence-corrected chi connectivity index (χ3v) is 3.07. The molecule has 0 aliphatic carbocycles. The predicted molar refractivity (Wildman–Crippen MR) is 86.4 cm³/mol. The smallest absolute Gasteiger partial charge is 0.142 e. The zero-order valence-electron chi connectivity index (χ0n) is 12.1. The minimum absolute atomic E-state index is 0.489. The van der Waals surface area contributed by atoms with Gasteiger partial charge in [0.15, 0.2) is 0 Å². The van der Waals surface area contributed by atoms with Gasteiger partial charge in [0, 0.05) is 25.0 Å². The van der Waals surface area contributed by atoms with Gasteiger partial charge in [-0.1, -0.05) is 18.2 Å². The molecule has 2 aromatic rings. The Balaban J connectivity index is 2.07. The van der Waals surface area contributed by atoms with Crippen molar-refractivity contribution in [2.75, 3.05) is 37.1 Å². The summed E-state index contributed by atoms with van der Waals surface area (Å²) in [5.41, 5.74) is 15.1. The highest BCUT2D eigenvalue weighted by Crippen LogP contribution is 2.28. The van der Waals surface area contributed by atoms with E-state index in [1.54, 1.807) is 7.11 Å². The molecule has 2 aromatic carbocycles. The van der Waals surface area contributed by atoms with Crippen molar-refractivity contribution in [3.05, 3.63) is 48.0 Å². The van der Waals surface area contributed by atoms with E-state index >= 15 is 0 Å². The molecule has 5 heteroatoms. The number of rotatable bonds is 7. The number of benzene rings is 2. The van der Waals surface area contributed by atoms with E-state index in [-0.39, 0.29) is 0 Å². The fourth-order valence-corrected chi connectivity index (χ4v) is 1.93. The number of para-hydroxylation sites is 1. The number of nitrogens with one attached hydrogen (secondary N) is 1. The highest BCUT2D eigenvalue weighted by Gasteiger charge is 2.05. The van der Waals surface area contributed by atoms with Crippen LogP contribution in [0.15, 0.2) is 42.5 Å². The van der Waals surface area contributed by atoms with Crippen molar-refractivity contribution in [2.24, 2.45) is 0 Å². The van der Waals surface area contributed by atoms with Gasteiger partial charge in [-0.15, -0.1) is 0 Å². The molecule has 0 unspecified atom stereocenters. The van der Waals surface area contributed by atoms with E-state index in [1.807, 2.05) is 42.5 Å². The van der Waals surface area contributed by atoms with Crippen LogP contribution in [0.25, 0.3) is 0 Å². The van der Waals surface area contributed by atoms with Crippen LogP contribution in [-0.2, 0) is 11.3 Å². The van der Waals surface area contributed by atoms with E-state index in [1.165, 1.54) is 0 Å². The van der Waals surface area contributed by atoms with Crippen molar-refractivity contribution in [3.8, 4) is 5.75 Å². The van der Waals surface area contributed by atoms with Crippen LogP contribution in [0.1, 0.15) is 5.56 Å². The lowest BCUT2D eigenvalue weighted by Crippen LogP contribution is -2.08. The molecule has 0 heterocycles. The van der Waals surface area contributed by atoms with Gasteiger partial charge in [-0.25, -0.2) is 0 Å². The number of ether oxygens (including phenoxy) is 2. The number of hydrogen-bond acceptors (Lipinski definition) is 5. The van der Waals surface area contributed by atoms with Gasteiger partial charge in [0.05, 0.1) is 12.3 Å². The summed E-state index contributed by atoms with van der Waals surface area (Å²) in [6, 6.07) is 13.3. The first-order valence-electron chi connectivity index (χ1n) is 6.79. The molecule has 0 atom stereocenters. The zero-order valence-corrected chi connectivity index (χ0v) is 12.1. The Kier molecular flexibility index (Phi) is 5.29. The highest BCUT2D eigenvalue weighted by molar-refractivity contribution is 5.64. The Morgan fingerprint density at radius 2 is 1.86 bits per heavy atom. The number of hydrogen-bond donors (Lipinski definition) is 3. The van der Waals surface area contributed by atoms with E-state index in [9.17, 15) is 0 Å². The monoisotopic (exact) mass is 287 g/mol. The molecular formula is C16H21N3O2. The predicted octanol–water partition coefficient (Wildman–Crippen LogP) is 2.49. The molecule has 0 bridgehead atoms. The van der Waals surface area contributed by atoms with Crippen LogP contribution in [-0.4, -0.2) is 20.3 Å². The van der Waals surface area contributed by atoms with Crippen molar-refractivity contribution >= 4 is 17.1 Å². The van der Waals surface area contributed by atoms with Crippen LogP contribution in [0.4, 0.5) is 17.1 Å². The summed E-state index contributed by atoms with van der Waals surface area (Å²) >= 11 is 0. The lowest BCUT2D eigenvalue weighted by Gasteiger charge is -2.14. The first-order chi connectivity index (χ1) is 10.2. The Bertz CT molecular complexity index is 587. The summed E-state index contributed by atoms with van der Waals surface area (Å²) in [5.74, 6) is 0.746. The fourth-order valence-electron chi connectivity index (χ4n) is 1.93. The highest BCUT2D eigenvalue weighted by atomic mass is 16.5. The van der Waals surface area contributed by atoms with Crippen LogP contribution >= 0.6 is 0 Å². The van der Waals surface area contributed by atoms with Crippen molar-refractivity contribution < 1.29 is 9.47 Å². The zero-order chi connectivity index (χ0) is 15.1. The van der Waals surface area contributed by atoms with Gasteiger partial charge >= 0.3 is 0 Å². The third kappa shape index (κ3) is 4.29. The molecule has 0 fully saturated rings. The SMILES string of the molecule is COCCOc1ccc(N)cc1NCc1ccccc1N. The maximum Gasteiger partial charge on any atom is 0.142 e. The number of nitrogen functional groups attached to an aromatic ring is 2.